The van der Waals surface area contributed by atoms with E-state index in [2.05, 4.69) is 9.97 Å². The van der Waals surface area contributed by atoms with Crippen LogP contribution in [0.2, 0.25) is 0 Å². The molecule has 0 bridgehead atoms. The van der Waals surface area contributed by atoms with Crippen molar-refractivity contribution in [1.82, 2.24) is 20.2 Å². The topological polar surface area (TPSA) is 148 Å². The van der Waals surface area contributed by atoms with Crippen LogP contribution >= 0.6 is 0 Å². The number of hydrogen-bond donors (Lipinski definition) is 3. The molecule has 0 aliphatic heterocycles. The lowest BCUT2D eigenvalue weighted by Crippen LogP contribution is -2.42. The molecule has 1 heterocycles. The second-order valence-corrected chi connectivity index (χ2v) is 5.97. The predicted molar refractivity (Wildman–Crippen MR) is 79.8 cm³/mol. The van der Waals surface area contributed by atoms with E-state index in [1.165, 1.54) is 31.6 Å². The van der Waals surface area contributed by atoms with Gasteiger partial charge in [-0.25, -0.2) is 18.2 Å². The number of aromatic carboxylic acids is 1. The van der Waals surface area contributed by atoms with Crippen LogP contribution in [0, 0.1) is 0 Å². The van der Waals surface area contributed by atoms with Gasteiger partial charge in [-0.3, -0.25) is 15.2 Å². The highest BCUT2D eigenvalue weighted by Gasteiger charge is 2.22. The molecule has 1 amide bonds. The maximum absolute atomic E-state index is 12.3. The Balaban J connectivity index is 2.25. The van der Waals surface area contributed by atoms with Gasteiger partial charge < -0.3 is 9.84 Å². The maximum atomic E-state index is 12.3. The Hall–Kier alpha value is -3.05. The zero-order valence-corrected chi connectivity index (χ0v) is 13.1. The molecule has 2 aromatic rings. The average molecular weight is 352 g/mol. The van der Waals surface area contributed by atoms with Gasteiger partial charge in [0.15, 0.2) is 0 Å². The molecule has 0 aliphatic carbocycles. The SMILES string of the molecule is COc1ccc(C(=O)O)cc1S(=O)(=O)NNC(=O)c1cnccn1. The van der Waals surface area contributed by atoms with E-state index in [0.29, 0.717) is 0 Å². The molecule has 0 spiro atoms. The molecule has 126 valence electrons. The van der Waals surface area contributed by atoms with E-state index in [1.54, 1.807) is 0 Å². The third kappa shape index (κ3) is 3.83. The molecule has 0 radical (unpaired) electrons. The van der Waals surface area contributed by atoms with Gasteiger partial charge in [-0.15, -0.1) is 4.83 Å². The van der Waals surface area contributed by atoms with Crippen molar-refractivity contribution in [3.63, 3.8) is 0 Å². The molecular formula is C13H12N4O6S. The van der Waals surface area contributed by atoms with Crippen LogP contribution in [0.3, 0.4) is 0 Å². The molecule has 0 unspecified atom stereocenters. The number of amides is 1. The molecule has 11 heteroatoms. The molecule has 2 rings (SSSR count). The Labute approximate surface area is 136 Å². The number of carboxylic acids is 1. The highest BCUT2D eigenvalue weighted by Crippen LogP contribution is 2.24. The summed E-state index contributed by atoms with van der Waals surface area (Å²) in [6, 6.07) is 3.30. The van der Waals surface area contributed by atoms with Gasteiger partial charge in [-0.2, -0.15) is 0 Å². The van der Waals surface area contributed by atoms with Gasteiger partial charge in [0.25, 0.3) is 15.9 Å². The summed E-state index contributed by atoms with van der Waals surface area (Å²) in [7, 11) is -3.05. The lowest BCUT2D eigenvalue weighted by Gasteiger charge is -2.12. The van der Waals surface area contributed by atoms with E-state index in [9.17, 15) is 18.0 Å². The number of hydrogen-bond acceptors (Lipinski definition) is 7. The summed E-state index contributed by atoms with van der Waals surface area (Å²) in [6.07, 6.45) is 3.77. The van der Waals surface area contributed by atoms with Gasteiger partial charge in [0.1, 0.15) is 16.3 Å². The number of hydrazine groups is 1. The quantitative estimate of drug-likeness (QED) is 0.606. The van der Waals surface area contributed by atoms with Crippen LogP contribution in [-0.4, -0.2) is 42.5 Å². The number of aromatic nitrogens is 2. The fourth-order valence-electron chi connectivity index (χ4n) is 1.67. The Morgan fingerprint density at radius 2 is 2.00 bits per heavy atom. The van der Waals surface area contributed by atoms with Crippen LogP contribution in [0.5, 0.6) is 5.75 Å². The summed E-state index contributed by atoms with van der Waals surface area (Å²) in [5.41, 5.74) is 1.60. The zero-order valence-electron chi connectivity index (χ0n) is 12.3. The monoisotopic (exact) mass is 352 g/mol. The predicted octanol–water partition coefficient (Wildman–Crippen LogP) is -0.193. The van der Waals surface area contributed by atoms with Gasteiger partial charge >= 0.3 is 5.97 Å². The fourth-order valence-corrected chi connectivity index (χ4v) is 2.70. The third-order valence-corrected chi connectivity index (χ3v) is 4.06. The Morgan fingerprint density at radius 3 is 2.58 bits per heavy atom. The van der Waals surface area contributed by atoms with Crippen molar-refractivity contribution < 1.29 is 27.9 Å². The molecule has 0 saturated heterocycles. The number of rotatable bonds is 6. The molecule has 24 heavy (non-hydrogen) atoms. The van der Waals surface area contributed by atoms with Crippen LogP contribution in [0.15, 0.2) is 41.7 Å². The normalized spacial score (nSPS) is 10.9. The van der Waals surface area contributed by atoms with Gasteiger partial charge in [-0.1, -0.05) is 0 Å². The minimum absolute atomic E-state index is 0.0822. The Kier molecular flexibility index (Phi) is 5.06. The largest absolute Gasteiger partial charge is 0.495 e. The van der Waals surface area contributed by atoms with Gasteiger partial charge in [0, 0.05) is 12.4 Å². The molecule has 0 atom stereocenters. The molecule has 0 fully saturated rings. The number of carbonyl (C=O) groups excluding carboxylic acids is 1. The molecule has 0 aliphatic rings. The standard InChI is InChI=1S/C13H12N4O6S/c1-23-10-3-2-8(13(19)20)6-11(10)24(21,22)17-16-12(18)9-7-14-4-5-15-9/h2-7,17H,1H3,(H,16,18)(H,19,20). The lowest BCUT2D eigenvalue weighted by molar-refractivity contribution is 0.0696. The van der Waals surface area contributed by atoms with Crippen molar-refractivity contribution in [2.75, 3.05) is 7.11 Å². The maximum Gasteiger partial charge on any atom is 0.335 e. The van der Waals surface area contributed by atoms with Crippen molar-refractivity contribution in [3.8, 4) is 5.75 Å². The second kappa shape index (κ2) is 7.02. The van der Waals surface area contributed by atoms with Crippen molar-refractivity contribution in [2.45, 2.75) is 4.90 Å². The Morgan fingerprint density at radius 1 is 1.25 bits per heavy atom. The number of nitrogens with zero attached hydrogens (tertiary/aromatic N) is 2. The minimum Gasteiger partial charge on any atom is -0.495 e. The fraction of sp³-hybridized carbons (Fsp3) is 0.0769. The Bertz CT molecular complexity index is 869. The number of benzene rings is 1. The summed E-state index contributed by atoms with van der Waals surface area (Å²) in [4.78, 5) is 31.6. The van der Waals surface area contributed by atoms with Crippen LogP contribution < -0.4 is 15.0 Å². The summed E-state index contributed by atoms with van der Waals surface area (Å²) in [6.45, 7) is 0. The number of carboxylic acid groups (broad SMARTS) is 1. The molecule has 1 aromatic heterocycles. The molecule has 3 N–H and O–H groups in total. The first kappa shape index (κ1) is 17.3. The van der Waals surface area contributed by atoms with Crippen LogP contribution in [-0.2, 0) is 10.0 Å². The van der Waals surface area contributed by atoms with Crippen molar-refractivity contribution in [2.24, 2.45) is 0 Å². The van der Waals surface area contributed by atoms with Gasteiger partial charge in [-0.05, 0) is 18.2 Å². The zero-order chi connectivity index (χ0) is 17.7. The number of methoxy groups -OCH3 is 1. The van der Waals surface area contributed by atoms with E-state index >= 15 is 0 Å². The molecule has 0 saturated carbocycles. The van der Waals surface area contributed by atoms with E-state index in [-0.39, 0.29) is 17.0 Å². The van der Waals surface area contributed by atoms with Crippen molar-refractivity contribution in [3.05, 3.63) is 48.0 Å². The highest BCUT2D eigenvalue weighted by atomic mass is 32.2. The first-order valence-electron chi connectivity index (χ1n) is 6.34. The van der Waals surface area contributed by atoms with Gasteiger partial charge in [0.2, 0.25) is 0 Å². The summed E-state index contributed by atoms with van der Waals surface area (Å²) >= 11 is 0. The number of carbonyl (C=O) groups is 2. The number of sulfonamides is 1. The lowest BCUT2D eigenvalue weighted by atomic mass is 10.2. The second-order valence-electron chi connectivity index (χ2n) is 4.32. The first-order chi connectivity index (χ1) is 11.3. The van der Waals surface area contributed by atoms with Crippen molar-refractivity contribution in [1.29, 1.82) is 0 Å². The summed E-state index contributed by atoms with van der Waals surface area (Å²) in [5.74, 6) is -2.22. The molecular weight excluding hydrogens is 340 g/mol. The number of nitrogens with one attached hydrogen (secondary N) is 2. The smallest absolute Gasteiger partial charge is 0.335 e. The minimum atomic E-state index is -4.28. The molecule has 1 aromatic carbocycles. The first-order valence-corrected chi connectivity index (χ1v) is 7.83. The van der Waals surface area contributed by atoms with Crippen molar-refractivity contribution >= 4 is 21.9 Å². The highest BCUT2D eigenvalue weighted by molar-refractivity contribution is 7.89. The van der Waals surface area contributed by atoms with Crippen LogP contribution in [0.4, 0.5) is 0 Å². The van der Waals surface area contributed by atoms with Crippen LogP contribution in [0.25, 0.3) is 0 Å². The van der Waals surface area contributed by atoms with E-state index < -0.39 is 26.8 Å². The van der Waals surface area contributed by atoms with Crippen LogP contribution in [0.1, 0.15) is 20.8 Å². The van der Waals surface area contributed by atoms with Gasteiger partial charge in [0.05, 0.1) is 18.9 Å². The average Bonchev–Trinajstić information content (AvgIpc) is 2.59. The number of ether oxygens (including phenoxy) is 1. The van der Waals surface area contributed by atoms with E-state index in [0.717, 1.165) is 12.3 Å². The molecule has 10 nitrogen and oxygen atoms in total. The van der Waals surface area contributed by atoms with E-state index in [4.69, 9.17) is 9.84 Å². The third-order valence-electron chi connectivity index (χ3n) is 2.79. The summed E-state index contributed by atoms with van der Waals surface area (Å²) in [5, 5.41) is 8.96. The summed E-state index contributed by atoms with van der Waals surface area (Å²) < 4.78 is 29.5. The van der Waals surface area contributed by atoms with E-state index in [1.807, 2.05) is 10.3 Å².